The van der Waals surface area contributed by atoms with E-state index in [1.165, 1.54) is 11.1 Å². The van der Waals surface area contributed by atoms with Gasteiger partial charge in [0.1, 0.15) is 12.4 Å². The van der Waals surface area contributed by atoms with Crippen LogP contribution in [0.4, 0.5) is 0 Å². The van der Waals surface area contributed by atoms with Crippen molar-refractivity contribution in [1.82, 2.24) is 15.5 Å². The molecule has 0 aliphatic carbocycles. The van der Waals surface area contributed by atoms with Gasteiger partial charge < -0.3 is 20.3 Å². The Bertz CT molecular complexity index is 666. The van der Waals surface area contributed by atoms with E-state index in [2.05, 4.69) is 58.6 Å². The fourth-order valence-corrected chi connectivity index (χ4v) is 2.72. The van der Waals surface area contributed by atoms with Crippen molar-refractivity contribution in [3.05, 3.63) is 65.7 Å². The number of benzene rings is 2. The molecule has 0 saturated heterocycles. The lowest BCUT2D eigenvalue weighted by atomic mass is 10.2. The zero-order chi connectivity index (χ0) is 19.3. The highest BCUT2D eigenvalue weighted by Crippen LogP contribution is 2.12. The molecule has 2 rings (SSSR count). The van der Waals surface area contributed by atoms with E-state index in [1.807, 2.05) is 30.3 Å². The number of rotatable bonds is 10. The van der Waals surface area contributed by atoms with Crippen LogP contribution in [0, 0.1) is 0 Å². The molecule has 0 aromatic heterocycles. The third-order valence-electron chi connectivity index (χ3n) is 4.48. The van der Waals surface area contributed by atoms with Crippen LogP contribution in [-0.2, 0) is 13.1 Å². The van der Waals surface area contributed by atoms with Gasteiger partial charge >= 0.3 is 0 Å². The molecule has 0 atom stereocenters. The molecule has 0 saturated carbocycles. The molecular formula is C22H32N4O. The number of ether oxygens (including phenoxy) is 1. The monoisotopic (exact) mass is 368 g/mol. The van der Waals surface area contributed by atoms with Gasteiger partial charge in [-0.2, -0.15) is 0 Å². The van der Waals surface area contributed by atoms with Crippen LogP contribution in [0.3, 0.4) is 0 Å². The van der Waals surface area contributed by atoms with Crippen molar-refractivity contribution in [3.8, 4) is 5.75 Å². The number of nitrogens with zero attached hydrogens (tertiary/aromatic N) is 2. The lowest BCUT2D eigenvalue weighted by molar-refractivity contribution is 0.223. The minimum absolute atomic E-state index is 0.716. The third-order valence-corrected chi connectivity index (χ3v) is 4.48. The molecule has 0 unspecified atom stereocenters. The number of hydrogen-bond acceptors (Lipinski definition) is 3. The second-order valence-electron chi connectivity index (χ2n) is 6.28. The fraction of sp³-hybridized carbons (Fsp3) is 0.409. The zero-order valence-electron chi connectivity index (χ0n) is 16.7. The van der Waals surface area contributed by atoms with E-state index in [9.17, 15) is 0 Å². The van der Waals surface area contributed by atoms with Crippen molar-refractivity contribution in [1.29, 1.82) is 0 Å². The largest absolute Gasteiger partial charge is 0.492 e. The normalized spacial score (nSPS) is 11.5. The summed E-state index contributed by atoms with van der Waals surface area (Å²) >= 11 is 0. The summed E-state index contributed by atoms with van der Waals surface area (Å²) < 4.78 is 5.83. The molecule has 0 bridgehead atoms. The summed E-state index contributed by atoms with van der Waals surface area (Å²) in [6.07, 6.45) is 0. The van der Waals surface area contributed by atoms with Gasteiger partial charge in [0.05, 0.1) is 0 Å². The first kappa shape index (κ1) is 20.8. The second kappa shape index (κ2) is 12.0. The van der Waals surface area contributed by atoms with Crippen LogP contribution < -0.4 is 15.4 Å². The predicted octanol–water partition coefficient (Wildman–Crippen LogP) is 3.27. The van der Waals surface area contributed by atoms with Crippen molar-refractivity contribution in [2.75, 3.05) is 33.3 Å². The average molecular weight is 369 g/mol. The Morgan fingerprint density at radius 1 is 0.889 bits per heavy atom. The van der Waals surface area contributed by atoms with E-state index in [4.69, 9.17) is 4.74 Å². The first-order valence-corrected chi connectivity index (χ1v) is 9.67. The first-order chi connectivity index (χ1) is 13.2. The van der Waals surface area contributed by atoms with E-state index in [-0.39, 0.29) is 0 Å². The molecule has 0 aliphatic rings. The summed E-state index contributed by atoms with van der Waals surface area (Å²) in [4.78, 5) is 6.63. The molecular weight excluding hydrogens is 336 g/mol. The molecule has 2 aromatic carbocycles. The molecule has 146 valence electrons. The predicted molar refractivity (Wildman–Crippen MR) is 113 cm³/mol. The quantitative estimate of drug-likeness (QED) is 0.499. The molecule has 0 fully saturated rings. The highest BCUT2D eigenvalue weighted by molar-refractivity contribution is 5.79. The van der Waals surface area contributed by atoms with Crippen LogP contribution in [-0.4, -0.2) is 44.1 Å². The van der Waals surface area contributed by atoms with E-state index >= 15 is 0 Å². The van der Waals surface area contributed by atoms with E-state index < -0.39 is 0 Å². The van der Waals surface area contributed by atoms with E-state index in [1.54, 1.807) is 7.05 Å². The standard InChI is InChI=1S/C22H32N4O/c1-4-26(5-2)15-16-27-21-13-11-20(12-14-21)18-25-22(23-3)24-17-19-9-7-6-8-10-19/h6-14H,4-5,15-18H2,1-3H3,(H2,23,24,25). The molecule has 0 aliphatic heterocycles. The fourth-order valence-electron chi connectivity index (χ4n) is 2.72. The lowest BCUT2D eigenvalue weighted by Crippen LogP contribution is -2.36. The minimum Gasteiger partial charge on any atom is -0.492 e. The molecule has 0 radical (unpaired) electrons. The van der Waals surface area contributed by atoms with Gasteiger partial charge in [-0.15, -0.1) is 0 Å². The topological polar surface area (TPSA) is 48.9 Å². The number of likely N-dealkylation sites (N-methyl/N-ethyl adjacent to an activating group) is 1. The van der Waals surface area contributed by atoms with Gasteiger partial charge in [0.25, 0.3) is 0 Å². The summed E-state index contributed by atoms with van der Waals surface area (Å²) in [5.41, 5.74) is 2.42. The Balaban J connectivity index is 1.73. The molecule has 0 spiro atoms. The zero-order valence-corrected chi connectivity index (χ0v) is 16.7. The molecule has 5 heteroatoms. The van der Waals surface area contributed by atoms with Crippen LogP contribution in [0.5, 0.6) is 5.75 Å². The summed E-state index contributed by atoms with van der Waals surface area (Å²) in [7, 11) is 1.78. The Hall–Kier alpha value is -2.53. The Morgan fingerprint density at radius 3 is 2.04 bits per heavy atom. The molecule has 0 amide bonds. The van der Waals surface area contributed by atoms with Crippen LogP contribution >= 0.6 is 0 Å². The maximum atomic E-state index is 5.83. The number of guanidine groups is 1. The maximum Gasteiger partial charge on any atom is 0.191 e. The number of aliphatic imine (C=N–C) groups is 1. The maximum absolute atomic E-state index is 5.83. The Kier molecular flexibility index (Phi) is 9.21. The first-order valence-electron chi connectivity index (χ1n) is 9.67. The summed E-state index contributed by atoms with van der Waals surface area (Å²) in [6.45, 7) is 9.61. The second-order valence-corrected chi connectivity index (χ2v) is 6.28. The Morgan fingerprint density at radius 2 is 1.48 bits per heavy atom. The van der Waals surface area contributed by atoms with Crippen LogP contribution in [0.25, 0.3) is 0 Å². The van der Waals surface area contributed by atoms with Gasteiger partial charge in [-0.3, -0.25) is 4.99 Å². The van der Waals surface area contributed by atoms with Gasteiger partial charge in [-0.25, -0.2) is 0 Å². The van der Waals surface area contributed by atoms with Crippen molar-refractivity contribution < 1.29 is 4.74 Å². The van der Waals surface area contributed by atoms with Gasteiger partial charge in [0.15, 0.2) is 5.96 Å². The van der Waals surface area contributed by atoms with Crippen molar-refractivity contribution in [2.24, 2.45) is 4.99 Å². The third kappa shape index (κ3) is 7.71. The van der Waals surface area contributed by atoms with Crippen molar-refractivity contribution in [2.45, 2.75) is 26.9 Å². The smallest absolute Gasteiger partial charge is 0.191 e. The highest BCUT2D eigenvalue weighted by atomic mass is 16.5. The van der Waals surface area contributed by atoms with Gasteiger partial charge in [0.2, 0.25) is 0 Å². The number of hydrogen-bond donors (Lipinski definition) is 2. The lowest BCUT2D eigenvalue weighted by Gasteiger charge is -2.18. The molecule has 2 N–H and O–H groups in total. The van der Waals surface area contributed by atoms with Crippen LogP contribution in [0.15, 0.2) is 59.6 Å². The summed E-state index contributed by atoms with van der Waals surface area (Å²) in [6, 6.07) is 18.5. The molecule has 27 heavy (non-hydrogen) atoms. The Labute approximate surface area is 163 Å². The average Bonchev–Trinajstić information content (AvgIpc) is 2.73. The van der Waals surface area contributed by atoms with Crippen molar-refractivity contribution >= 4 is 5.96 Å². The van der Waals surface area contributed by atoms with Gasteiger partial charge in [0, 0.05) is 26.7 Å². The molecule has 0 heterocycles. The van der Waals surface area contributed by atoms with Crippen LogP contribution in [0.2, 0.25) is 0 Å². The van der Waals surface area contributed by atoms with E-state index in [0.717, 1.165) is 44.5 Å². The minimum atomic E-state index is 0.716. The number of nitrogens with one attached hydrogen (secondary N) is 2. The van der Waals surface area contributed by atoms with E-state index in [0.29, 0.717) is 6.54 Å². The molecule has 5 nitrogen and oxygen atoms in total. The summed E-state index contributed by atoms with van der Waals surface area (Å²) in [5, 5.41) is 6.67. The van der Waals surface area contributed by atoms with Gasteiger partial charge in [-0.05, 0) is 36.3 Å². The van der Waals surface area contributed by atoms with Crippen molar-refractivity contribution in [3.63, 3.8) is 0 Å². The summed E-state index contributed by atoms with van der Waals surface area (Å²) in [5.74, 6) is 1.70. The molecule has 2 aromatic rings. The SMILES string of the molecule is CCN(CC)CCOc1ccc(CNC(=NC)NCc2ccccc2)cc1. The highest BCUT2D eigenvalue weighted by Gasteiger charge is 2.02. The van der Waals surface area contributed by atoms with Gasteiger partial charge in [-0.1, -0.05) is 56.3 Å². The van der Waals surface area contributed by atoms with Crippen LogP contribution in [0.1, 0.15) is 25.0 Å².